The summed E-state index contributed by atoms with van der Waals surface area (Å²) in [4.78, 5) is 23.7. The average Bonchev–Trinajstić information content (AvgIpc) is 2.92. The van der Waals surface area contributed by atoms with Gasteiger partial charge >= 0.3 is 11.3 Å². The van der Waals surface area contributed by atoms with Gasteiger partial charge in [-0.1, -0.05) is 27.7 Å². The summed E-state index contributed by atoms with van der Waals surface area (Å²) in [6.07, 6.45) is 0.718. The summed E-state index contributed by atoms with van der Waals surface area (Å²) in [7, 11) is 1.62. The van der Waals surface area contributed by atoms with E-state index in [1.165, 1.54) is 17.8 Å². The van der Waals surface area contributed by atoms with Gasteiger partial charge in [-0.3, -0.25) is 4.57 Å². The van der Waals surface area contributed by atoms with Crippen LogP contribution in [0.2, 0.25) is 0 Å². The van der Waals surface area contributed by atoms with E-state index in [2.05, 4.69) is 26.1 Å². The van der Waals surface area contributed by atoms with Gasteiger partial charge in [0.25, 0.3) is 0 Å². The maximum Gasteiger partial charge on any atom is 0.343 e. The van der Waals surface area contributed by atoms with Crippen LogP contribution in [-0.2, 0) is 17.0 Å². The number of methoxy groups -OCH3 is 1. The molecule has 132 valence electrons. The van der Waals surface area contributed by atoms with E-state index in [-0.39, 0.29) is 5.69 Å². The third kappa shape index (κ3) is 4.23. The molecule has 0 saturated carbocycles. The van der Waals surface area contributed by atoms with Gasteiger partial charge in [0.1, 0.15) is 5.58 Å². The largest absolute Gasteiger partial charge is 0.423 e. The summed E-state index contributed by atoms with van der Waals surface area (Å²) in [6.45, 7) is 1.09. The van der Waals surface area contributed by atoms with Crippen LogP contribution in [0, 0.1) is 0 Å². The summed E-state index contributed by atoms with van der Waals surface area (Å²) in [5.41, 5.74) is 0.709. The Kier molecular flexibility index (Phi) is 5.77. The lowest BCUT2D eigenvalue weighted by Crippen LogP contribution is -2.18. The third-order valence-electron chi connectivity index (χ3n) is 3.60. The summed E-state index contributed by atoms with van der Waals surface area (Å²) < 4.78 is 12.7. The van der Waals surface area contributed by atoms with Crippen LogP contribution in [0.1, 0.15) is 12.0 Å². The lowest BCUT2D eigenvalue weighted by Gasteiger charge is -2.07. The number of hydrogen-bond acceptors (Lipinski definition) is 6. The number of rotatable bonds is 7. The zero-order valence-electron chi connectivity index (χ0n) is 13.5. The first-order valence-corrected chi connectivity index (χ1v) is 9.35. The first-order chi connectivity index (χ1) is 12.1. The minimum absolute atomic E-state index is 0.250. The number of nitrogens with one attached hydrogen (secondary N) is 1. The van der Waals surface area contributed by atoms with Crippen LogP contribution in [0.15, 0.2) is 47.9 Å². The summed E-state index contributed by atoms with van der Waals surface area (Å²) >= 11 is 4.76. The number of hydrogen-bond donors (Lipinski definition) is 1. The van der Waals surface area contributed by atoms with E-state index in [9.17, 15) is 9.59 Å². The molecule has 3 rings (SSSR count). The number of halogens is 1. The van der Waals surface area contributed by atoms with Crippen molar-refractivity contribution in [2.45, 2.75) is 23.9 Å². The first-order valence-electron chi connectivity index (χ1n) is 7.57. The Labute approximate surface area is 155 Å². The third-order valence-corrected chi connectivity index (χ3v) is 5.12. The first kappa shape index (κ1) is 18.0. The van der Waals surface area contributed by atoms with Crippen molar-refractivity contribution in [1.29, 1.82) is 0 Å². The minimum atomic E-state index is -0.402. The molecule has 1 N–H and O–H groups in total. The molecule has 0 aliphatic heterocycles. The summed E-state index contributed by atoms with van der Waals surface area (Å²) in [5.74, 6) is 0.498. The lowest BCUT2D eigenvalue weighted by molar-refractivity contribution is 0.189. The smallest absolute Gasteiger partial charge is 0.343 e. The monoisotopic (exact) mass is 425 g/mol. The topological polar surface area (TPSA) is 90.1 Å². The number of aromatic amines is 1. The maximum atomic E-state index is 11.9. The predicted molar refractivity (Wildman–Crippen MR) is 99.1 cm³/mol. The second kappa shape index (κ2) is 8.03. The average molecular weight is 426 g/mol. The Morgan fingerprint density at radius 1 is 1.36 bits per heavy atom. The van der Waals surface area contributed by atoms with Crippen LogP contribution in [0.3, 0.4) is 0 Å². The van der Waals surface area contributed by atoms with Gasteiger partial charge in [-0.2, -0.15) is 0 Å². The highest BCUT2D eigenvalue weighted by atomic mass is 79.9. The molecule has 0 radical (unpaired) electrons. The van der Waals surface area contributed by atoms with Crippen molar-refractivity contribution in [2.75, 3.05) is 13.7 Å². The molecule has 25 heavy (non-hydrogen) atoms. The fourth-order valence-corrected chi connectivity index (χ4v) is 3.75. The number of nitrogens with zero attached hydrogens (tertiary/aromatic N) is 2. The fraction of sp³-hybridized carbons (Fsp3) is 0.312. The Hall–Kier alpha value is -1.84. The molecule has 0 aliphatic rings. The highest BCUT2D eigenvalue weighted by Crippen LogP contribution is 2.26. The second-order valence-electron chi connectivity index (χ2n) is 5.33. The van der Waals surface area contributed by atoms with Gasteiger partial charge in [0.2, 0.25) is 0 Å². The number of thioether (sulfide) groups is 1. The molecule has 7 nitrogen and oxygen atoms in total. The van der Waals surface area contributed by atoms with E-state index in [4.69, 9.17) is 9.15 Å². The van der Waals surface area contributed by atoms with Gasteiger partial charge in [-0.25, -0.2) is 14.7 Å². The van der Waals surface area contributed by atoms with Crippen molar-refractivity contribution in [2.24, 2.45) is 0 Å². The fourth-order valence-electron chi connectivity index (χ4n) is 2.44. The van der Waals surface area contributed by atoms with E-state index < -0.39 is 5.63 Å². The predicted octanol–water partition coefficient (Wildman–Crippen LogP) is 2.77. The zero-order chi connectivity index (χ0) is 17.8. The molecular formula is C16H16BrN3O4S. The molecule has 0 saturated heterocycles. The van der Waals surface area contributed by atoms with Crippen molar-refractivity contribution < 1.29 is 9.15 Å². The number of benzene rings is 1. The molecule has 0 atom stereocenters. The normalized spacial score (nSPS) is 11.3. The molecule has 0 spiro atoms. The quantitative estimate of drug-likeness (QED) is 0.355. The van der Waals surface area contributed by atoms with Gasteiger partial charge in [0.05, 0.1) is 0 Å². The molecule has 9 heteroatoms. The Morgan fingerprint density at radius 2 is 2.20 bits per heavy atom. The summed E-state index contributed by atoms with van der Waals surface area (Å²) in [6, 6.07) is 7.03. The molecule has 3 aromatic rings. The van der Waals surface area contributed by atoms with E-state index in [0.717, 1.165) is 21.8 Å². The second-order valence-corrected chi connectivity index (χ2v) is 7.19. The van der Waals surface area contributed by atoms with Crippen LogP contribution in [0.4, 0.5) is 0 Å². The van der Waals surface area contributed by atoms with Crippen LogP contribution < -0.4 is 11.3 Å². The molecule has 0 fully saturated rings. The maximum absolute atomic E-state index is 11.9. The molecule has 0 aliphatic carbocycles. The van der Waals surface area contributed by atoms with Crippen LogP contribution in [0.5, 0.6) is 0 Å². The van der Waals surface area contributed by atoms with E-state index in [0.29, 0.717) is 29.6 Å². The molecule has 1 aromatic carbocycles. The van der Waals surface area contributed by atoms with Gasteiger partial charge in [0, 0.05) is 41.9 Å². The molecule has 2 heterocycles. The van der Waals surface area contributed by atoms with Crippen LogP contribution in [0.25, 0.3) is 11.0 Å². The lowest BCUT2D eigenvalue weighted by atomic mass is 10.1. The van der Waals surface area contributed by atoms with Gasteiger partial charge in [0.15, 0.2) is 5.16 Å². The molecular weight excluding hydrogens is 410 g/mol. The molecule has 2 aromatic heterocycles. The van der Waals surface area contributed by atoms with E-state index >= 15 is 0 Å². The van der Waals surface area contributed by atoms with Crippen molar-refractivity contribution in [1.82, 2.24) is 14.8 Å². The molecule has 0 amide bonds. The Balaban J connectivity index is 1.84. The van der Waals surface area contributed by atoms with E-state index in [1.807, 2.05) is 12.1 Å². The van der Waals surface area contributed by atoms with Crippen molar-refractivity contribution >= 4 is 38.7 Å². The van der Waals surface area contributed by atoms with Crippen LogP contribution >= 0.6 is 27.7 Å². The van der Waals surface area contributed by atoms with Gasteiger partial charge < -0.3 is 9.15 Å². The molecule has 0 unspecified atom stereocenters. The summed E-state index contributed by atoms with van der Waals surface area (Å²) in [5, 5.41) is 7.97. The van der Waals surface area contributed by atoms with Crippen molar-refractivity contribution in [3.05, 3.63) is 55.2 Å². The minimum Gasteiger partial charge on any atom is -0.423 e. The van der Waals surface area contributed by atoms with Crippen molar-refractivity contribution in [3.8, 4) is 0 Å². The Bertz CT molecular complexity index is 995. The number of aromatic nitrogens is 3. The zero-order valence-corrected chi connectivity index (χ0v) is 15.9. The number of H-pyrrole nitrogens is 1. The van der Waals surface area contributed by atoms with Gasteiger partial charge in [-0.05, 0) is 30.2 Å². The number of ether oxygens (including phenoxy) is 1. The Morgan fingerprint density at radius 3 is 3.00 bits per heavy atom. The van der Waals surface area contributed by atoms with E-state index in [1.54, 1.807) is 17.7 Å². The highest BCUT2D eigenvalue weighted by Gasteiger charge is 2.12. The number of fused-ring (bicyclic) bond motifs is 1. The van der Waals surface area contributed by atoms with Gasteiger partial charge in [-0.15, -0.1) is 5.10 Å². The SMILES string of the molecule is COCCCn1c(SCc2cc(=O)oc3cc(Br)ccc23)n[nH]c1=O. The van der Waals surface area contributed by atoms with Crippen molar-refractivity contribution in [3.63, 3.8) is 0 Å². The van der Waals surface area contributed by atoms with Crippen LogP contribution in [-0.4, -0.2) is 28.5 Å². The standard InChI is InChI=1S/C16H16BrN3O4S/c1-23-6-2-5-20-15(22)18-19-16(20)25-9-10-7-14(21)24-13-8-11(17)3-4-12(10)13/h3-4,7-8H,2,5-6,9H2,1H3,(H,18,22). The highest BCUT2D eigenvalue weighted by molar-refractivity contribution is 9.10. The molecule has 0 bridgehead atoms.